The van der Waals surface area contributed by atoms with Crippen LogP contribution in [0.15, 0.2) is 46.9 Å². The summed E-state index contributed by atoms with van der Waals surface area (Å²) in [4.78, 5) is 13.8. The average Bonchev–Trinajstić information content (AvgIpc) is 2.53. The van der Waals surface area contributed by atoms with Gasteiger partial charge in [0.05, 0.1) is 0 Å². The molecule has 0 fully saturated rings. The van der Waals surface area contributed by atoms with Crippen molar-refractivity contribution in [2.24, 2.45) is 0 Å². The molecule has 0 saturated heterocycles. The molecule has 5 heteroatoms. The highest BCUT2D eigenvalue weighted by Crippen LogP contribution is 2.28. The van der Waals surface area contributed by atoms with Crippen LogP contribution < -0.4 is 0 Å². The Bertz CT molecular complexity index is 691. The Morgan fingerprint density at radius 3 is 2.82 bits per heavy atom. The van der Waals surface area contributed by atoms with Crippen molar-refractivity contribution < 1.29 is 13.9 Å². The van der Waals surface area contributed by atoms with Gasteiger partial charge < -0.3 is 9.64 Å². The van der Waals surface area contributed by atoms with Crippen LogP contribution in [0.2, 0.25) is 0 Å². The monoisotopic (exact) mass is 363 g/mol. The molecule has 0 aliphatic carbocycles. The molecule has 1 aliphatic rings. The number of rotatable bonds is 2. The Kier molecular flexibility index (Phi) is 4.43. The van der Waals surface area contributed by atoms with E-state index >= 15 is 0 Å². The number of hydrogen-bond acceptors (Lipinski definition) is 2. The predicted octanol–water partition coefficient (Wildman–Crippen LogP) is 4.28. The quantitative estimate of drug-likeness (QED) is 0.796. The lowest BCUT2D eigenvalue weighted by molar-refractivity contribution is 0.0917. The average molecular weight is 364 g/mol. The molecule has 0 N–H and O–H groups in total. The normalized spacial score (nSPS) is 13.6. The summed E-state index contributed by atoms with van der Waals surface area (Å²) < 4.78 is 19.6. The van der Waals surface area contributed by atoms with E-state index in [0.717, 1.165) is 21.2 Å². The number of benzene rings is 2. The number of halogens is 2. The van der Waals surface area contributed by atoms with Crippen LogP contribution in [-0.2, 0) is 24.3 Å². The van der Waals surface area contributed by atoms with E-state index in [1.54, 1.807) is 4.90 Å². The van der Waals surface area contributed by atoms with Gasteiger partial charge >= 0.3 is 6.09 Å². The van der Waals surface area contributed by atoms with Gasteiger partial charge in [-0.15, -0.1) is 0 Å². The molecule has 0 atom stereocenters. The summed E-state index contributed by atoms with van der Waals surface area (Å²) in [5, 5.41) is 0. The Hall–Kier alpha value is -1.88. The molecule has 2 aromatic rings. The van der Waals surface area contributed by atoms with Crippen molar-refractivity contribution in [2.45, 2.75) is 19.6 Å². The molecule has 3 nitrogen and oxygen atoms in total. The smallest absolute Gasteiger partial charge is 0.410 e. The minimum atomic E-state index is -0.366. The molecule has 1 aliphatic heterocycles. The zero-order valence-electron chi connectivity index (χ0n) is 11.9. The molecule has 0 spiro atoms. The van der Waals surface area contributed by atoms with Gasteiger partial charge in [-0.05, 0) is 35.2 Å². The summed E-state index contributed by atoms with van der Waals surface area (Å²) in [6, 6.07) is 12.5. The van der Waals surface area contributed by atoms with Crippen LogP contribution in [0.3, 0.4) is 0 Å². The Morgan fingerprint density at radius 2 is 2.05 bits per heavy atom. The number of carbonyl (C=O) groups is 1. The predicted molar refractivity (Wildman–Crippen MR) is 84.8 cm³/mol. The van der Waals surface area contributed by atoms with Crippen molar-refractivity contribution in [2.75, 3.05) is 6.54 Å². The number of ether oxygens (including phenoxy) is 1. The van der Waals surface area contributed by atoms with Crippen LogP contribution in [0.1, 0.15) is 16.7 Å². The fraction of sp³-hybridized carbons (Fsp3) is 0.235. The van der Waals surface area contributed by atoms with Gasteiger partial charge in [0, 0.05) is 17.6 Å². The van der Waals surface area contributed by atoms with Gasteiger partial charge in [-0.2, -0.15) is 0 Å². The van der Waals surface area contributed by atoms with E-state index in [9.17, 15) is 9.18 Å². The second-order valence-corrected chi connectivity index (χ2v) is 6.09. The van der Waals surface area contributed by atoms with Crippen LogP contribution in [0, 0.1) is 5.82 Å². The van der Waals surface area contributed by atoms with Crippen molar-refractivity contribution in [1.29, 1.82) is 0 Å². The van der Waals surface area contributed by atoms with Gasteiger partial charge in [0.2, 0.25) is 0 Å². The van der Waals surface area contributed by atoms with Crippen molar-refractivity contribution in [3.05, 3.63) is 69.4 Å². The van der Waals surface area contributed by atoms with E-state index < -0.39 is 0 Å². The van der Waals surface area contributed by atoms with Gasteiger partial charge in [0.1, 0.15) is 12.4 Å². The maximum atomic E-state index is 13.5. The molecule has 0 radical (unpaired) electrons. The molecule has 22 heavy (non-hydrogen) atoms. The number of amides is 1. The first-order valence-corrected chi connectivity index (χ1v) is 7.85. The van der Waals surface area contributed by atoms with E-state index in [0.29, 0.717) is 19.5 Å². The molecule has 1 amide bonds. The first-order valence-electron chi connectivity index (χ1n) is 7.06. The standard InChI is InChI=1S/C17H15BrFNO2/c18-16-9-14(19)8-13-10-20(7-6-15(13)16)17(21)22-11-12-4-2-1-3-5-12/h1-5,8-9H,6-7,10-11H2. The third kappa shape index (κ3) is 3.30. The molecule has 0 aromatic heterocycles. The van der Waals surface area contributed by atoms with Gasteiger partial charge in [0.25, 0.3) is 0 Å². The third-order valence-electron chi connectivity index (χ3n) is 3.71. The van der Waals surface area contributed by atoms with E-state index in [4.69, 9.17) is 4.74 Å². The molecule has 1 heterocycles. The maximum Gasteiger partial charge on any atom is 0.410 e. The van der Waals surface area contributed by atoms with Gasteiger partial charge in [0.15, 0.2) is 0 Å². The third-order valence-corrected chi connectivity index (χ3v) is 4.42. The van der Waals surface area contributed by atoms with Gasteiger partial charge in [-0.3, -0.25) is 0 Å². The van der Waals surface area contributed by atoms with E-state index in [1.165, 1.54) is 12.1 Å². The van der Waals surface area contributed by atoms with E-state index in [-0.39, 0.29) is 18.5 Å². The van der Waals surface area contributed by atoms with Gasteiger partial charge in [-0.1, -0.05) is 46.3 Å². The Morgan fingerprint density at radius 1 is 1.27 bits per heavy atom. The Balaban J connectivity index is 1.65. The molecular weight excluding hydrogens is 349 g/mol. The molecule has 0 saturated carbocycles. The number of fused-ring (bicyclic) bond motifs is 1. The van der Waals surface area contributed by atoms with Crippen LogP contribution in [-0.4, -0.2) is 17.5 Å². The Labute approximate surface area is 136 Å². The van der Waals surface area contributed by atoms with Crippen molar-refractivity contribution in [1.82, 2.24) is 4.90 Å². The topological polar surface area (TPSA) is 29.5 Å². The highest BCUT2D eigenvalue weighted by Gasteiger charge is 2.23. The van der Waals surface area contributed by atoms with E-state index in [1.807, 2.05) is 30.3 Å². The minimum absolute atomic E-state index is 0.246. The summed E-state index contributed by atoms with van der Waals surface area (Å²) in [5.74, 6) is -0.301. The van der Waals surface area contributed by atoms with Crippen LogP contribution in [0.5, 0.6) is 0 Å². The zero-order chi connectivity index (χ0) is 15.5. The number of carbonyl (C=O) groups excluding carboxylic acids is 1. The molecule has 0 unspecified atom stereocenters. The fourth-order valence-electron chi connectivity index (χ4n) is 2.58. The van der Waals surface area contributed by atoms with Crippen molar-refractivity contribution in [3.63, 3.8) is 0 Å². The van der Waals surface area contributed by atoms with Crippen LogP contribution in [0.25, 0.3) is 0 Å². The minimum Gasteiger partial charge on any atom is -0.445 e. The fourth-order valence-corrected chi connectivity index (χ4v) is 3.25. The molecule has 3 rings (SSSR count). The van der Waals surface area contributed by atoms with Crippen LogP contribution >= 0.6 is 15.9 Å². The number of nitrogens with zero attached hydrogens (tertiary/aromatic N) is 1. The summed E-state index contributed by atoms with van der Waals surface area (Å²) >= 11 is 3.38. The molecular formula is C17H15BrFNO2. The lowest BCUT2D eigenvalue weighted by Crippen LogP contribution is -2.36. The SMILES string of the molecule is O=C(OCc1ccccc1)N1CCc2c(Br)cc(F)cc2C1. The van der Waals surface area contributed by atoms with Crippen molar-refractivity contribution in [3.8, 4) is 0 Å². The second kappa shape index (κ2) is 6.48. The second-order valence-electron chi connectivity index (χ2n) is 5.24. The summed E-state index contributed by atoms with van der Waals surface area (Å²) in [5.41, 5.74) is 2.84. The lowest BCUT2D eigenvalue weighted by Gasteiger charge is -2.28. The molecule has 0 bridgehead atoms. The van der Waals surface area contributed by atoms with Gasteiger partial charge in [-0.25, -0.2) is 9.18 Å². The summed E-state index contributed by atoms with van der Waals surface area (Å²) in [7, 11) is 0. The zero-order valence-corrected chi connectivity index (χ0v) is 13.5. The summed E-state index contributed by atoms with van der Waals surface area (Å²) in [6.45, 7) is 1.19. The first-order chi connectivity index (χ1) is 10.6. The maximum absolute atomic E-state index is 13.5. The first kappa shape index (κ1) is 15.0. The van der Waals surface area contributed by atoms with Crippen molar-refractivity contribution >= 4 is 22.0 Å². The molecule has 114 valence electrons. The highest BCUT2D eigenvalue weighted by atomic mass is 79.9. The van der Waals surface area contributed by atoms with Crippen LogP contribution in [0.4, 0.5) is 9.18 Å². The number of hydrogen-bond donors (Lipinski definition) is 0. The largest absolute Gasteiger partial charge is 0.445 e. The lowest BCUT2D eigenvalue weighted by atomic mass is 10.00. The summed E-state index contributed by atoms with van der Waals surface area (Å²) in [6.07, 6.45) is 0.325. The highest BCUT2D eigenvalue weighted by molar-refractivity contribution is 9.10. The molecule has 2 aromatic carbocycles. The van der Waals surface area contributed by atoms with E-state index in [2.05, 4.69) is 15.9 Å².